The summed E-state index contributed by atoms with van der Waals surface area (Å²) in [5, 5.41) is 3.06. The maximum atomic E-state index is 14.8. The minimum absolute atomic E-state index is 0.276. The molecular formula is C36H28N2O5. The molecule has 3 aliphatic rings. The number of para-hydroxylation sites is 1. The van der Waals surface area contributed by atoms with Gasteiger partial charge in [0.05, 0.1) is 12.0 Å². The highest BCUT2D eigenvalue weighted by Gasteiger charge is 2.70. The van der Waals surface area contributed by atoms with E-state index < -0.39 is 29.4 Å². The summed E-state index contributed by atoms with van der Waals surface area (Å²) >= 11 is 0. The minimum Gasteiger partial charge on any atom is -0.427 e. The summed E-state index contributed by atoms with van der Waals surface area (Å²) in [6, 6.07) is 27.2. The number of hydrogen-bond donors (Lipinski definition) is 1. The number of carbonyl (C=O) groups is 4. The molecule has 43 heavy (non-hydrogen) atoms. The van der Waals surface area contributed by atoms with Gasteiger partial charge in [0.15, 0.2) is 11.6 Å². The van der Waals surface area contributed by atoms with Crippen molar-refractivity contribution in [3.8, 4) is 5.75 Å². The number of fused-ring (bicyclic) bond motifs is 6. The molecule has 1 amide bonds. The fraction of sp³-hybridized carbons (Fsp3) is 0.167. The quantitative estimate of drug-likeness (QED) is 0.183. The van der Waals surface area contributed by atoms with Gasteiger partial charge in [-0.05, 0) is 60.0 Å². The Morgan fingerprint density at radius 2 is 1.47 bits per heavy atom. The van der Waals surface area contributed by atoms with Crippen LogP contribution in [-0.4, -0.2) is 34.4 Å². The van der Waals surface area contributed by atoms with Crippen LogP contribution in [0.3, 0.4) is 0 Å². The minimum atomic E-state index is -1.39. The number of nitrogens with one attached hydrogen (secondary N) is 1. The van der Waals surface area contributed by atoms with Crippen molar-refractivity contribution in [2.24, 2.45) is 5.92 Å². The summed E-state index contributed by atoms with van der Waals surface area (Å²) in [4.78, 5) is 57.3. The van der Waals surface area contributed by atoms with E-state index in [0.717, 1.165) is 16.7 Å². The SMILES string of the molecule is CC(=O)Oc1ccc(C(=O)[C@@H]2[C@H](C(=O)c3ccc(C)cc3)[C@@]3(C(=O)Nc4ccccc43)[C@H]3c4ccccc4C=CN23)cc1. The first kappa shape index (κ1) is 26.6. The van der Waals surface area contributed by atoms with Crippen molar-refractivity contribution in [2.75, 3.05) is 5.32 Å². The molecule has 4 aromatic carbocycles. The van der Waals surface area contributed by atoms with Crippen molar-refractivity contribution in [3.63, 3.8) is 0 Å². The molecular weight excluding hydrogens is 540 g/mol. The number of esters is 1. The number of ketones is 2. The Bertz CT molecular complexity index is 1840. The number of carbonyl (C=O) groups excluding carboxylic acids is 4. The molecule has 4 aromatic rings. The van der Waals surface area contributed by atoms with E-state index in [1.54, 1.807) is 36.4 Å². The van der Waals surface area contributed by atoms with E-state index in [1.807, 2.05) is 84.8 Å². The van der Waals surface area contributed by atoms with Crippen molar-refractivity contribution in [1.82, 2.24) is 4.90 Å². The number of anilines is 1. The van der Waals surface area contributed by atoms with Crippen LogP contribution in [0.25, 0.3) is 6.08 Å². The zero-order valence-corrected chi connectivity index (χ0v) is 23.6. The predicted molar refractivity (Wildman–Crippen MR) is 162 cm³/mol. The Kier molecular flexibility index (Phi) is 6.13. The molecule has 4 atom stereocenters. The Balaban J connectivity index is 1.48. The Morgan fingerprint density at radius 1 is 0.814 bits per heavy atom. The first-order valence-corrected chi connectivity index (χ1v) is 14.2. The van der Waals surface area contributed by atoms with Crippen molar-refractivity contribution in [1.29, 1.82) is 0 Å². The molecule has 7 rings (SSSR count). The summed E-state index contributed by atoms with van der Waals surface area (Å²) < 4.78 is 5.18. The standard InChI is InChI=1S/C36H28N2O5/c1-21-11-13-24(14-12-21)32(40)30-31(33(41)25-15-17-26(18-16-25)43-22(2)39)38-20-19-23-7-3-4-8-27(23)34(38)36(30)28-9-5-6-10-29(28)37-35(36)42/h3-20,30-31,34H,1-2H3,(H,37,42)/t30-,31+,34-,36-/m1/s1. The van der Waals surface area contributed by atoms with E-state index in [4.69, 9.17) is 4.74 Å². The lowest BCUT2D eigenvalue weighted by Crippen LogP contribution is -2.49. The summed E-state index contributed by atoms with van der Waals surface area (Å²) in [5.41, 5.74) is 3.53. The van der Waals surface area contributed by atoms with E-state index in [0.29, 0.717) is 28.1 Å². The maximum Gasteiger partial charge on any atom is 0.308 e. The van der Waals surface area contributed by atoms with Crippen molar-refractivity contribution < 1.29 is 23.9 Å². The van der Waals surface area contributed by atoms with Gasteiger partial charge in [-0.15, -0.1) is 0 Å². The predicted octanol–water partition coefficient (Wildman–Crippen LogP) is 5.90. The molecule has 0 aromatic heterocycles. The molecule has 1 saturated heterocycles. The fourth-order valence-electron chi connectivity index (χ4n) is 7.09. The van der Waals surface area contributed by atoms with Gasteiger partial charge < -0.3 is 15.0 Å². The molecule has 7 heteroatoms. The second kappa shape index (κ2) is 9.91. The summed E-state index contributed by atoms with van der Waals surface area (Å²) in [5.74, 6) is -2.09. The highest BCUT2D eigenvalue weighted by atomic mass is 16.5. The molecule has 0 radical (unpaired) electrons. The molecule has 0 saturated carbocycles. The van der Waals surface area contributed by atoms with Crippen molar-refractivity contribution in [2.45, 2.75) is 31.3 Å². The molecule has 3 aliphatic heterocycles. The third-order valence-corrected chi connectivity index (χ3v) is 8.86. The van der Waals surface area contributed by atoms with Gasteiger partial charge in [-0.2, -0.15) is 0 Å². The summed E-state index contributed by atoms with van der Waals surface area (Å²) in [7, 11) is 0. The van der Waals surface area contributed by atoms with Gasteiger partial charge in [-0.3, -0.25) is 19.2 Å². The largest absolute Gasteiger partial charge is 0.427 e. The van der Waals surface area contributed by atoms with Crippen LogP contribution in [-0.2, 0) is 15.0 Å². The molecule has 1 N–H and O–H groups in total. The number of benzene rings is 4. The number of Topliss-reactive ketones (excluding diaryl/α,β-unsaturated/α-hetero) is 2. The maximum absolute atomic E-state index is 14.8. The van der Waals surface area contributed by atoms with Gasteiger partial charge in [0.2, 0.25) is 5.91 Å². The van der Waals surface area contributed by atoms with Crippen LogP contribution >= 0.6 is 0 Å². The molecule has 7 nitrogen and oxygen atoms in total. The van der Waals surface area contributed by atoms with E-state index >= 15 is 0 Å². The number of amides is 1. The Hall–Kier alpha value is -5.30. The lowest BCUT2D eigenvalue weighted by Gasteiger charge is -2.38. The molecule has 0 bridgehead atoms. The number of hydrogen-bond acceptors (Lipinski definition) is 6. The number of aryl methyl sites for hydroxylation is 1. The lowest BCUT2D eigenvalue weighted by molar-refractivity contribution is -0.131. The van der Waals surface area contributed by atoms with Crippen LogP contribution < -0.4 is 10.1 Å². The van der Waals surface area contributed by atoms with Crippen LogP contribution in [0.15, 0.2) is 103 Å². The average Bonchev–Trinajstić information content (AvgIpc) is 3.49. The van der Waals surface area contributed by atoms with Crippen LogP contribution in [0.2, 0.25) is 0 Å². The average molecular weight is 569 g/mol. The van der Waals surface area contributed by atoms with E-state index in [1.165, 1.54) is 6.92 Å². The second-order valence-electron chi connectivity index (χ2n) is 11.3. The van der Waals surface area contributed by atoms with E-state index in [-0.39, 0.29) is 17.5 Å². The lowest BCUT2D eigenvalue weighted by atomic mass is 9.62. The fourth-order valence-corrected chi connectivity index (χ4v) is 7.09. The van der Waals surface area contributed by atoms with Crippen LogP contribution in [0, 0.1) is 12.8 Å². The number of nitrogens with zero attached hydrogens (tertiary/aromatic N) is 1. The van der Waals surface area contributed by atoms with Gasteiger partial charge in [-0.1, -0.05) is 72.3 Å². The highest BCUT2D eigenvalue weighted by Crippen LogP contribution is 2.62. The van der Waals surface area contributed by atoms with Gasteiger partial charge in [0.1, 0.15) is 17.2 Å². The first-order chi connectivity index (χ1) is 20.8. The molecule has 212 valence electrons. The molecule has 0 unspecified atom stereocenters. The van der Waals surface area contributed by atoms with Crippen molar-refractivity contribution in [3.05, 3.63) is 137 Å². The van der Waals surface area contributed by atoms with E-state index in [2.05, 4.69) is 5.32 Å². The summed E-state index contributed by atoms with van der Waals surface area (Å²) in [6.45, 7) is 3.25. The van der Waals surface area contributed by atoms with Gasteiger partial charge >= 0.3 is 5.97 Å². The zero-order valence-electron chi connectivity index (χ0n) is 23.6. The smallest absolute Gasteiger partial charge is 0.308 e. The third-order valence-electron chi connectivity index (χ3n) is 8.86. The van der Waals surface area contributed by atoms with Crippen molar-refractivity contribution >= 4 is 35.2 Å². The monoisotopic (exact) mass is 568 g/mol. The van der Waals surface area contributed by atoms with Crippen LogP contribution in [0.1, 0.15) is 55.9 Å². The molecule has 0 aliphatic carbocycles. The van der Waals surface area contributed by atoms with Gasteiger partial charge in [-0.25, -0.2) is 0 Å². The van der Waals surface area contributed by atoms with Crippen LogP contribution in [0.4, 0.5) is 5.69 Å². The van der Waals surface area contributed by atoms with Crippen LogP contribution in [0.5, 0.6) is 5.75 Å². The highest BCUT2D eigenvalue weighted by molar-refractivity contribution is 6.16. The summed E-state index contributed by atoms with van der Waals surface area (Å²) in [6.07, 6.45) is 3.78. The van der Waals surface area contributed by atoms with Gasteiger partial charge in [0, 0.05) is 29.9 Å². The van der Waals surface area contributed by atoms with Gasteiger partial charge in [0.25, 0.3) is 0 Å². The topological polar surface area (TPSA) is 92.8 Å². The third kappa shape index (κ3) is 3.96. The number of rotatable bonds is 5. The first-order valence-electron chi connectivity index (χ1n) is 14.2. The molecule has 3 heterocycles. The second-order valence-corrected chi connectivity index (χ2v) is 11.3. The Morgan fingerprint density at radius 3 is 2.21 bits per heavy atom. The Labute approximate surface area is 248 Å². The zero-order chi connectivity index (χ0) is 29.9. The molecule has 1 spiro atoms. The normalized spacial score (nSPS) is 22.9. The molecule has 1 fully saturated rings. The number of ether oxygens (including phenoxy) is 1. The van der Waals surface area contributed by atoms with E-state index in [9.17, 15) is 19.2 Å².